The lowest BCUT2D eigenvalue weighted by atomic mass is 10.0. The van der Waals surface area contributed by atoms with Crippen molar-refractivity contribution in [2.24, 2.45) is 0 Å². The molecule has 0 fully saturated rings. The van der Waals surface area contributed by atoms with Gasteiger partial charge in [0.1, 0.15) is 0 Å². The molecule has 3 nitrogen and oxygen atoms in total. The van der Waals surface area contributed by atoms with Gasteiger partial charge in [0, 0.05) is 0 Å². The molecule has 0 bridgehead atoms. The molecule has 1 aromatic carbocycles. The van der Waals surface area contributed by atoms with E-state index in [0.717, 1.165) is 11.1 Å². The Balaban J connectivity index is 2.58. The number of benzene rings is 1. The maximum Gasteiger partial charge on any atom is 0.181 e. The summed E-state index contributed by atoms with van der Waals surface area (Å²) in [5.41, 5.74) is 1.84. The molecule has 0 amide bonds. The quantitative estimate of drug-likeness (QED) is 0.755. The van der Waals surface area contributed by atoms with Gasteiger partial charge in [-0.15, -0.1) is 0 Å². The van der Waals surface area contributed by atoms with Crippen molar-refractivity contribution in [1.29, 1.82) is 0 Å². The molecule has 0 N–H and O–H groups in total. The second-order valence-corrected chi connectivity index (χ2v) is 6.47. The van der Waals surface area contributed by atoms with Crippen LogP contribution in [0.25, 0.3) is 0 Å². The Morgan fingerprint density at radius 2 is 2.06 bits per heavy atom. The molecule has 1 aliphatic heterocycles. The summed E-state index contributed by atoms with van der Waals surface area (Å²) in [6, 6.07) is 5.64. The maximum absolute atomic E-state index is 12.0. The lowest BCUT2D eigenvalue weighted by Gasteiger charge is -2.10. The minimum atomic E-state index is -3.16. The van der Waals surface area contributed by atoms with Crippen molar-refractivity contribution in [2.75, 3.05) is 12.4 Å². The smallest absolute Gasteiger partial charge is 0.181 e. The molecular weight excluding hydrogens is 224 g/mol. The zero-order valence-electron chi connectivity index (χ0n) is 9.56. The number of sulfone groups is 1. The van der Waals surface area contributed by atoms with E-state index < -0.39 is 9.84 Å². The fraction of sp³-hybridized carbons (Fsp3) is 0.500. The molecule has 0 saturated heterocycles. The molecular formula is C12H16O3S. The van der Waals surface area contributed by atoms with Gasteiger partial charge >= 0.3 is 0 Å². The number of rotatable bonds is 1. The summed E-state index contributed by atoms with van der Waals surface area (Å²) >= 11 is 0. The van der Waals surface area contributed by atoms with E-state index in [1.807, 2.05) is 12.1 Å². The third-order valence-corrected chi connectivity index (χ3v) is 4.60. The molecule has 16 heavy (non-hydrogen) atoms. The topological polar surface area (TPSA) is 43.4 Å². The van der Waals surface area contributed by atoms with Crippen molar-refractivity contribution in [1.82, 2.24) is 0 Å². The Hall–Kier alpha value is -0.870. The van der Waals surface area contributed by atoms with Gasteiger partial charge in [0.15, 0.2) is 9.84 Å². The second kappa shape index (κ2) is 4.18. The van der Waals surface area contributed by atoms with E-state index in [-0.39, 0.29) is 12.4 Å². The summed E-state index contributed by atoms with van der Waals surface area (Å²) in [4.78, 5) is 0.455. The first-order chi connectivity index (χ1) is 7.50. The SMILES string of the molecule is CC(C)c1ccc2c(c1)S(=O)(=O)CCOC2. The van der Waals surface area contributed by atoms with E-state index in [1.54, 1.807) is 6.07 Å². The summed E-state index contributed by atoms with van der Waals surface area (Å²) in [7, 11) is -3.16. The minimum Gasteiger partial charge on any atom is -0.376 e. The van der Waals surface area contributed by atoms with Crippen molar-refractivity contribution >= 4 is 9.84 Å². The molecule has 1 heterocycles. The maximum atomic E-state index is 12.0. The van der Waals surface area contributed by atoms with Crippen molar-refractivity contribution in [2.45, 2.75) is 31.3 Å². The van der Waals surface area contributed by atoms with Crippen LogP contribution in [0, 0.1) is 0 Å². The van der Waals surface area contributed by atoms with E-state index in [4.69, 9.17) is 4.74 Å². The largest absolute Gasteiger partial charge is 0.376 e. The lowest BCUT2D eigenvalue weighted by Crippen LogP contribution is -2.09. The van der Waals surface area contributed by atoms with Crippen LogP contribution in [0.15, 0.2) is 23.1 Å². The molecule has 1 aromatic rings. The van der Waals surface area contributed by atoms with Crippen molar-refractivity contribution in [3.05, 3.63) is 29.3 Å². The molecule has 0 aromatic heterocycles. The van der Waals surface area contributed by atoms with Crippen LogP contribution in [0.2, 0.25) is 0 Å². The minimum absolute atomic E-state index is 0.0849. The molecule has 88 valence electrons. The summed E-state index contributed by atoms with van der Waals surface area (Å²) < 4.78 is 29.3. The highest BCUT2D eigenvalue weighted by Crippen LogP contribution is 2.25. The summed E-state index contributed by atoms with van der Waals surface area (Å²) in [5.74, 6) is 0.423. The zero-order chi connectivity index (χ0) is 11.8. The van der Waals surface area contributed by atoms with Crippen LogP contribution in [0.3, 0.4) is 0 Å². The summed E-state index contributed by atoms with van der Waals surface area (Å²) in [6.07, 6.45) is 0. The average Bonchev–Trinajstić information content (AvgIpc) is 2.37. The average molecular weight is 240 g/mol. The molecule has 2 rings (SSSR count). The highest BCUT2D eigenvalue weighted by Gasteiger charge is 2.22. The Bertz CT molecular complexity index is 489. The van der Waals surface area contributed by atoms with E-state index in [0.29, 0.717) is 17.4 Å². The van der Waals surface area contributed by atoms with Gasteiger partial charge in [-0.3, -0.25) is 0 Å². The Morgan fingerprint density at radius 1 is 1.31 bits per heavy atom. The van der Waals surface area contributed by atoms with E-state index in [1.165, 1.54) is 0 Å². The second-order valence-electron chi connectivity index (χ2n) is 4.39. The van der Waals surface area contributed by atoms with Gasteiger partial charge < -0.3 is 4.74 Å². The van der Waals surface area contributed by atoms with Gasteiger partial charge in [0.25, 0.3) is 0 Å². The van der Waals surface area contributed by atoms with Crippen molar-refractivity contribution in [3.63, 3.8) is 0 Å². The Morgan fingerprint density at radius 3 is 2.75 bits per heavy atom. The standard InChI is InChI=1S/C12H16O3S/c1-9(2)10-3-4-11-8-15-5-6-16(13,14)12(11)7-10/h3-4,7,9H,5-6,8H2,1-2H3. The van der Waals surface area contributed by atoms with Crippen molar-refractivity contribution in [3.8, 4) is 0 Å². The fourth-order valence-electron chi connectivity index (χ4n) is 1.80. The highest BCUT2D eigenvalue weighted by molar-refractivity contribution is 7.91. The molecule has 1 aliphatic rings. The Labute approximate surface area is 96.4 Å². The monoisotopic (exact) mass is 240 g/mol. The number of hydrogen-bond donors (Lipinski definition) is 0. The van der Waals surface area contributed by atoms with Crippen LogP contribution in [0.5, 0.6) is 0 Å². The molecule has 0 radical (unpaired) electrons. The predicted molar refractivity (Wildman–Crippen MR) is 62.2 cm³/mol. The first-order valence-electron chi connectivity index (χ1n) is 5.44. The third kappa shape index (κ3) is 2.13. The fourth-order valence-corrected chi connectivity index (χ4v) is 3.20. The van der Waals surface area contributed by atoms with E-state index in [2.05, 4.69) is 13.8 Å². The lowest BCUT2D eigenvalue weighted by molar-refractivity contribution is 0.136. The molecule has 0 aliphatic carbocycles. The summed E-state index contributed by atoms with van der Waals surface area (Å²) in [6.45, 7) is 4.80. The van der Waals surface area contributed by atoms with Crippen LogP contribution in [-0.2, 0) is 21.2 Å². The predicted octanol–water partition coefficient (Wildman–Crippen LogP) is 2.11. The van der Waals surface area contributed by atoms with Gasteiger partial charge in [-0.2, -0.15) is 0 Å². The first-order valence-corrected chi connectivity index (χ1v) is 7.09. The third-order valence-electron chi connectivity index (χ3n) is 2.85. The molecule has 0 spiro atoms. The molecule has 0 saturated carbocycles. The van der Waals surface area contributed by atoms with E-state index in [9.17, 15) is 8.42 Å². The number of ether oxygens (including phenoxy) is 1. The van der Waals surface area contributed by atoms with Crippen LogP contribution >= 0.6 is 0 Å². The van der Waals surface area contributed by atoms with Crippen LogP contribution in [0.1, 0.15) is 30.9 Å². The first kappa shape index (κ1) is 11.6. The highest BCUT2D eigenvalue weighted by atomic mass is 32.2. The van der Waals surface area contributed by atoms with Crippen LogP contribution in [-0.4, -0.2) is 20.8 Å². The Kier molecular flexibility index (Phi) is 3.04. The van der Waals surface area contributed by atoms with Crippen molar-refractivity contribution < 1.29 is 13.2 Å². The normalized spacial score (nSPS) is 19.2. The van der Waals surface area contributed by atoms with Gasteiger partial charge in [-0.05, 0) is 23.1 Å². The molecule has 0 atom stereocenters. The van der Waals surface area contributed by atoms with Gasteiger partial charge in [0.05, 0.1) is 23.9 Å². The molecule has 4 heteroatoms. The van der Waals surface area contributed by atoms with Crippen LogP contribution in [0.4, 0.5) is 0 Å². The molecule has 0 unspecified atom stereocenters. The van der Waals surface area contributed by atoms with Crippen LogP contribution < -0.4 is 0 Å². The van der Waals surface area contributed by atoms with E-state index >= 15 is 0 Å². The van der Waals surface area contributed by atoms with Gasteiger partial charge in [0.2, 0.25) is 0 Å². The van der Waals surface area contributed by atoms with Gasteiger partial charge in [-0.1, -0.05) is 26.0 Å². The van der Waals surface area contributed by atoms with Gasteiger partial charge in [-0.25, -0.2) is 8.42 Å². The number of fused-ring (bicyclic) bond motifs is 1. The number of hydrogen-bond acceptors (Lipinski definition) is 3. The zero-order valence-corrected chi connectivity index (χ0v) is 10.4. The summed E-state index contributed by atoms with van der Waals surface area (Å²) in [5, 5.41) is 0.